The van der Waals surface area contributed by atoms with E-state index in [0.717, 1.165) is 0 Å². The smallest absolute Gasteiger partial charge is 0.0616 e. The van der Waals surface area contributed by atoms with Crippen LogP contribution in [0.3, 0.4) is 0 Å². The van der Waals surface area contributed by atoms with E-state index >= 15 is 0 Å². The van der Waals surface area contributed by atoms with Gasteiger partial charge in [-0.05, 0) is 365 Å². The Morgan fingerprint density at radius 3 is 0.597 bits per heavy atom. The Bertz CT molecular complexity index is 7720. The van der Waals surface area contributed by atoms with Gasteiger partial charge in [0.05, 0.1) is 5.41 Å². The maximum absolute atomic E-state index is 2.49. The van der Waals surface area contributed by atoms with E-state index in [4.69, 9.17) is 0 Å². The summed E-state index contributed by atoms with van der Waals surface area (Å²) in [6.45, 7) is 44.4. The Kier molecular flexibility index (Phi) is 22.1. The topological polar surface area (TPSA) is 0 Å². The first-order valence-corrected chi connectivity index (χ1v) is 51.8. The summed E-state index contributed by atoms with van der Waals surface area (Å²) in [5.41, 5.74) is 52.2. The molecule has 0 saturated carbocycles. The number of aryl methyl sites for hydroxylation is 18. The van der Waals surface area contributed by atoms with Crippen molar-refractivity contribution in [2.24, 2.45) is 0 Å². The van der Waals surface area contributed by atoms with Gasteiger partial charge in [0.2, 0.25) is 0 Å². The maximum Gasteiger partial charge on any atom is 0.182 e. The number of fused-ring (bicyclic) bond motifs is 27. The normalized spacial score (nSPS) is 13.2. The minimum absolute atomic E-state index is 0.142. The summed E-state index contributed by atoms with van der Waals surface area (Å²) in [5, 5.41) is 25.5. The molecular formula is C138H120Si. The van der Waals surface area contributed by atoms with Gasteiger partial charge in [-0.2, -0.15) is 0 Å². The second-order valence-electron chi connectivity index (χ2n) is 41.6. The van der Waals surface area contributed by atoms with Crippen LogP contribution in [0.15, 0.2) is 364 Å². The van der Waals surface area contributed by atoms with Crippen LogP contribution in [-0.4, -0.2) is 8.07 Å². The lowest BCUT2D eigenvalue weighted by Gasteiger charge is -2.31. The Labute approximate surface area is 822 Å². The highest BCUT2D eigenvalue weighted by molar-refractivity contribution is 7.24. The van der Waals surface area contributed by atoms with E-state index in [1.807, 2.05) is 0 Å². The Morgan fingerprint density at radius 2 is 0.360 bits per heavy atom. The van der Waals surface area contributed by atoms with Gasteiger partial charge >= 0.3 is 0 Å². The Balaban J connectivity index is 0.0000000975. The van der Waals surface area contributed by atoms with Crippen LogP contribution in [0, 0.1) is 125 Å². The van der Waals surface area contributed by atoms with Crippen molar-refractivity contribution in [3.63, 3.8) is 0 Å². The minimum atomic E-state index is -2.28. The summed E-state index contributed by atoms with van der Waals surface area (Å²) in [7, 11) is -2.28. The summed E-state index contributed by atoms with van der Waals surface area (Å²) >= 11 is 0. The first-order chi connectivity index (χ1) is 67.1. The fraction of sp³-hybridized carbons (Fsp3) is 0.159. The molecule has 0 amide bonds. The highest BCUT2D eigenvalue weighted by atomic mass is 28.3. The molecule has 676 valence electrons. The van der Waals surface area contributed by atoms with Gasteiger partial charge in [0.25, 0.3) is 0 Å². The second-order valence-corrected chi connectivity index (χ2v) is 45.3. The highest BCUT2D eigenvalue weighted by Crippen LogP contribution is 2.64. The van der Waals surface area contributed by atoms with Crippen LogP contribution in [0.1, 0.15) is 147 Å². The zero-order valence-electron chi connectivity index (χ0n) is 84.1. The van der Waals surface area contributed by atoms with Gasteiger partial charge in [0.1, 0.15) is 0 Å². The summed E-state index contributed by atoms with van der Waals surface area (Å²) in [6.07, 6.45) is 0. The monoisotopic (exact) mass is 1800 g/mol. The summed E-state index contributed by atoms with van der Waals surface area (Å²) in [5.74, 6) is 0. The van der Waals surface area contributed by atoms with Crippen molar-refractivity contribution in [2.75, 3.05) is 0 Å². The van der Waals surface area contributed by atoms with Gasteiger partial charge in [0.15, 0.2) is 8.07 Å². The van der Waals surface area contributed by atoms with Crippen LogP contribution < -0.4 is 20.7 Å². The van der Waals surface area contributed by atoms with Crippen molar-refractivity contribution >= 4 is 104 Å². The van der Waals surface area contributed by atoms with Gasteiger partial charge in [-0.1, -0.05) is 445 Å². The Morgan fingerprint density at radius 1 is 0.165 bits per heavy atom. The lowest BCUT2D eigenvalue weighted by molar-refractivity contribution is 0.659. The molecule has 0 saturated heterocycles. The standard InChI is InChI=1S/C29H24.C28H24Si.C28H22.C20H18.C17H18.C16H14/c2*1-17-5-9-21-22-10-6-18(2)14-26(22)29(25(21)13-17)27-15-19(3)7-11-23(27)24-12-8-20(4)16-28(24)29;1-19-11-15-21(16-12-19)27-23-7-3-5-9-25(23)28(22-17-13-20(2)14-18-22)26-10-6-4-8-24(26)27;1-11-9-12(2)16-7-8-18-14(4)10-13(3)17-6-5-15(11)19(16)20(17)18;1-11-5-7-13-14-8-6-12(2)10-16(14)17(3,4)15(13)9-11;1-11-13-7-3-5-9-15(13)12(2)16-10-6-4-8-14(11)16/h2*5-16H,1-4H3;3-18H,1-2H3;5-10H,1-4H3;5-10H,1-4H3;3-10H,1-2H3. The third-order valence-corrected chi connectivity index (χ3v) is 36.5. The Hall–Kier alpha value is -14.9. The molecule has 1 heteroatoms. The third-order valence-electron chi connectivity index (χ3n) is 31.6. The number of benzene rings is 22. The minimum Gasteiger partial charge on any atom is -0.0616 e. The molecule has 0 atom stereocenters. The average Bonchev–Trinajstić information content (AvgIpc) is 1.50. The molecule has 0 nitrogen and oxygen atoms in total. The van der Waals surface area contributed by atoms with Crippen molar-refractivity contribution in [2.45, 2.75) is 149 Å². The van der Waals surface area contributed by atoms with Gasteiger partial charge in [-0.25, -0.2) is 0 Å². The first kappa shape index (κ1) is 89.4. The van der Waals surface area contributed by atoms with Gasteiger partial charge in [0, 0.05) is 5.41 Å². The zero-order chi connectivity index (χ0) is 96.3. The van der Waals surface area contributed by atoms with Crippen molar-refractivity contribution in [1.29, 1.82) is 0 Å². The molecule has 0 radical (unpaired) electrons. The lowest BCUT2D eigenvalue weighted by Crippen LogP contribution is -2.71. The van der Waals surface area contributed by atoms with Crippen molar-refractivity contribution in [3.05, 3.63) is 498 Å². The molecule has 22 aromatic carbocycles. The first-order valence-electron chi connectivity index (χ1n) is 49.8. The molecule has 2 heterocycles. The van der Waals surface area contributed by atoms with Crippen LogP contribution in [0.5, 0.6) is 0 Å². The molecule has 0 aromatic heterocycles. The second kappa shape index (κ2) is 34.4. The van der Waals surface area contributed by atoms with E-state index in [1.165, 1.54) is 287 Å². The maximum atomic E-state index is 2.49. The quantitative estimate of drug-likeness (QED) is 0.0919. The molecule has 2 spiro atoms. The highest BCUT2D eigenvalue weighted by Gasteiger charge is 2.55. The number of rotatable bonds is 2. The van der Waals surface area contributed by atoms with Crippen LogP contribution in [0.25, 0.3) is 153 Å². The number of hydrogen-bond donors (Lipinski definition) is 0. The third kappa shape index (κ3) is 14.5. The van der Waals surface area contributed by atoms with E-state index < -0.39 is 8.07 Å². The molecule has 0 fully saturated rings. The predicted octanol–water partition coefficient (Wildman–Crippen LogP) is 34.5. The van der Waals surface area contributed by atoms with Gasteiger partial charge in [-0.3, -0.25) is 0 Å². The largest absolute Gasteiger partial charge is 0.182 e. The SMILES string of the molecule is Cc1c2ccccc2c(C)c2ccccc12.Cc1cc(C)c2ccc3c(C)cc(C)c4ccc1c2c43.Cc1ccc(-c2c3ccccc3c(-c3ccc(C)cc3)c3ccccc23)cc1.Cc1ccc2c(c1)C(C)(C)c1cc(C)ccc1-2.Cc1ccc2c(c1)C1(c3cc(C)ccc3-2)c2cc(C)ccc2-c2ccc(C)cc21.Cc1ccc2c(c1)[Si]1(c3cc(C)ccc3-2)c2cc(C)ccc2-c2ccc(C)cc21. The zero-order valence-corrected chi connectivity index (χ0v) is 85.1. The summed E-state index contributed by atoms with van der Waals surface area (Å²) in [4.78, 5) is 0. The fourth-order valence-corrected chi connectivity index (χ4v) is 30.9. The molecule has 22 aromatic rings. The molecule has 2 aliphatic heterocycles. The van der Waals surface area contributed by atoms with E-state index in [9.17, 15) is 0 Å². The lowest BCUT2D eigenvalue weighted by atomic mass is 9.70. The van der Waals surface area contributed by atoms with E-state index in [0.29, 0.717) is 0 Å². The summed E-state index contributed by atoms with van der Waals surface area (Å²) < 4.78 is 0. The van der Waals surface area contributed by atoms with Crippen molar-refractivity contribution in [1.82, 2.24) is 0 Å². The number of hydrogen-bond acceptors (Lipinski definition) is 0. The fourth-order valence-electron chi connectivity index (χ4n) is 24.9. The molecule has 27 rings (SSSR count). The summed E-state index contributed by atoms with van der Waals surface area (Å²) in [6, 6.07) is 137. The molecule has 139 heavy (non-hydrogen) atoms. The average molecular weight is 1810 g/mol. The van der Waals surface area contributed by atoms with Gasteiger partial charge < -0.3 is 0 Å². The molecule has 5 aliphatic rings. The molecule has 0 bridgehead atoms. The molecule has 0 unspecified atom stereocenters. The van der Waals surface area contributed by atoms with Crippen molar-refractivity contribution < 1.29 is 0 Å². The van der Waals surface area contributed by atoms with Crippen LogP contribution in [0.4, 0.5) is 0 Å². The van der Waals surface area contributed by atoms with E-state index in [1.54, 1.807) is 20.7 Å². The molecule has 0 N–H and O–H groups in total. The molecular weight excluding hydrogens is 1690 g/mol. The van der Waals surface area contributed by atoms with Crippen LogP contribution >= 0.6 is 0 Å². The van der Waals surface area contributed by atoms with Crippen LogP contribution in [-0.2, 0) is 10.8 Å². The van der Waals surface area contributed by atoms with Gasteiger partial charge in [-0.15, -0.1) is 0 Å². The van der Waals surface area contributed by atoms with Crippen molar-refractivity contribution in [3.8, 4) is 77.9 Å². The van der Waals surface area contributed by atoms with E-state index in [-0.39, 0.29) is 10.8 Å². The van der Waals surface area contributed by atoms with E-state index in [2.05, 4.69) is 502 Å². The predicted molar refractivity (Wildman–Crippen MR) is 604 cm³/mol. The van der Waals surface area contributed by atoms with Crippen LogP contribution in [0.2, 0.25) is 0 Å². The molecule has 3 aliphatic carbocycles.